The van der Waals surface area contributed by atoms with Crippen LogP contribution in [0.2, 0.25) is 0 Å². The van der Waals surface area contributed by atoms with E-state index in [-0.39, 0.29) is 11.9 Å². The third kappa shape index (κ3) is 6.03. The number of rotatable bonds is 8. The monoisotopic (exact) mass is 269 g/mol. The third-order valence-electron chi connectivity index (χ3n) is 2.53. The van der Waals surface area contributed by atoms with Gasteiger partial charge in [0.05, 0.1) is 12.7 Å². The lowest BCUT2D eigenvalue weighted by atomic mass is 10.2. The van der Waals surface area contributed by atoms with Gasteiger partial charge in [0.25, 0.3) is 0 Å². The number of benzene rings is 1. The van der Waals surface area contributed by atoms with Crippen LogP contribution >= 0.6 is 0 Å². The maximum Gasteiger partial charge on any atom is 0.165 e. The number of hydrogen-bond acceptors (Lipinski definition) is 3. The molecule has 0 amide bonds. The first-order valence-corrected chi connectivity index (χ1v) is 6.76. The van der Waals surface area contributed by atoms with E-state index < -0.39 is 0 Å². The van der Waals surface area contributed by atoms with Crippen molar-refractivity contribution < 1.29 is 13.9 Å². The average molecular weight is 269 g/mol. The molecule has 0 saturated heterocycles. The number of halogens is 1. The molecule has 0 radical (unpaired) electrons. The summed E-state index contributed by atoms with van der Waals surface area (Å²) in [5.41, 5.74) is 0.832. The van der Waals surface area contributed by atoms with Crippen LogP contribution in [-0.2, 0) is 11.3 Å². The maximum atomic E-state index is 13.8. The summed E-state index contributed by atoms with van der Waals surface area (Å²) >= 11 is 0. The van der Waals surface area contributed by atoms with E-state index in [2.05, 4.69) is 19.2 Å². The Morgan fingerprint density at radius 1 is 1.16 bits per heavy atom. The number of para-hydroxylation sites is 1. The molecule has 0 saturated carbocycles. The summed E-state index contributed by atoms with van der Waals surface area (Å²) in [7, 11) is 0. The van der Waals surface area contributed by atoms with E-state index >= 15 is 0 Å². The molecule has 0 aliphatic heterocycles. The highest BCUT2D eigenvalue weighted by Crippen LogP contribution is 2.22. The molecule has 19 heavy (non-hydrogen) atoms. The van der Waals surface area contributed by atoms with Gasteiger partial charge in [-0.15, -0.1) is 0 Å². The fraction of sp³-hybridized carbons (Fsp3) is 0.600. The standard InChI is InChI=1S/C15H24FNO2/c1-11(2)17-10-13-6-5-7-14(16)15(13)19-9-8-18-12(3)4/h5-7,11-12,17H,8-10H2,1-4H3. The average Bonchev–Trinajstić information content (AvgIpc) is 2.33. The van der Waals surface area contributed by atoms with Crippen LogP contribution < -0.4 is 10.1 Å². The molecule has 1 aromatic carbocycles. The molecule has 3 nitrogen and oxygen atoms in total. The van der Waals surface area contributed by atoms with Crippen molar-refractivity contribution in [2.24, 2.45) is 0 Å². The van der Waals surface area contributed by atoms with E-state index in [1.165, 1.54) is 6.07 Å². The van der Waals surface area contributed by atoms with Crippen LogP contribution in [0.4, 0.5) is 4.39 Å². The zero-order chi connectivity index (χ0) is 14.3. The Hall–Kier alpha value is -1.13. The lowest BCUT2D eigenvalue weighted by Crippen LogP contribution is -2.22. The summed E-state index contributed by atoms with van der Waals surface area (Å²) in [5.74, 6) is -0.00407. The summed E-state index contributed by atoms with van der Waals surface area (Å²) in [5, 5.41) is 3.26. The molecule has 0 bridgehead atoms. The Morgan fingerprint density at radius 2 is 1.89 bits per heavy atom. The molecule has 0 heterocycles. The molecule has 108 valence electrons. The van der Waals surface area contributed by atoms with Crippen LogP contribution in [0, 0.1) is 5.82 Å². The highest BCUT2D eigenvalue weighted by atomic mass is 19.1. The second kappa shape index (κ2) is 8.12. The van der Waals surface area contributed by atoms with Gasteiger partial charge in [-0.25, -0.2) is 4.39 Å². The van der Waals surface area contributed by atoms with Gasteiger partial charge in [0, 0.05) is 18.2 Å². The quantitative estimate of drug-likeness (QED) is 0.735. The minimum absolute atomic E-state index is 0.159. The Kier molecular flexibility index (Phi) is 6.81. The summed E-state index contributed by atoms with van der Waals surface area (Å²) in [6.45, 7) is 9.43. The molecule has 0 fully saturated rings. The van der Waals surface area contributed by atoms with Crippen molar-refractivity contribution in [3.05, 3.63) is 29.6 Å². The van der Waals surface area contributed by atoms with Crippen molar-refractivity contribution in [2.45, 2.75) is 46.4 Å². The zero-order valence-electron chi connectivity index (χ0n) is 12.2. The lowest BCUT2D eigenvalue weighted by Gasteiger charge is -2.15. The Morgan fingerprint density at radius 3 is 2.53 bits per heavy atom. The van der Waals surface area contributed by atoms with E-state index in [9.17, 15) is 4.39 Å². The SMILES string of the molecule is CC(C)NCc1cccc(F)c1OCCOC(C)C. The van der Waals surface area contributed by atoms with E-state index in [4.69, 9.17) is 9.47 Å². The molecule has 0 spiro atoms. The second-order valence-corrected chi connectivity index (χ2v) is 5.03. The van der Waals surface area contributed by atoms with E-state index in [0.29, 0.717) is 31.5 Å². The predicted octanol–water partition coefficient (Wildman–Crippen LogP) is 3.13. The number of hydrogen-bond donors (Lipinski definition) is 1. The Bertz CT molecular complexity index is 380. The van der Waals surface area contributed by atoms with Gasteiger partial charge in [0.2, 0.25) is 0 Å². The van der Waals surface area contributed by atoms with E-state index in [1.54, 1.807) is 6.07 Å². The molecule has 1 rings (SSSR count). The van der Waals surface area contributed by atoms with Gasteiger partial charge in [-0.05, 0) is 19.9 Å². The van der Waals surface area contributed by atoms with Crippen molar-refractivity contribution in [3.63, 3.8) is 0 Å². The molecule has 0 aliphatic carbocycles. The van der Waals surface area contributed by atoms with Crippen LogP contribution in [0.5, 0.6) is 5.75 Å². The first-order chi connectivity index (χ1) is 9.00. The van der Waals surface area contributed by atoms with Gasteiger partial charge < -0.3 is 14.8 Å². The van der Waals surface area contributed by atoms with Crippen LogP contribution in [0.15, 0.2) is 18.2 Å². The molecule has 1 N–H and O–H groups in total. The van der Waals surface area contributed by atoms with Crippen molar-refractivity contribution in [1.29, 1.82) is 0 Å². The van der Waals surface area contributed by atoms with Gasteiger partial charge in [-0.1, -0.05) is 26.0 Å². The van der Waals surface area contributed by atoms with Crippen molar-refractivity contribution >= 4 is 0 Å². The summed E-state index contributed by atoms with van der Waals surface area (Å²) in [6.07, 6.45) is 0.159. The predicted molar refractivity (Wildman–Crippen MR) is 75.0 cm³/mol. The fourth-order valence-electron chi connectivity index (χ4n) is 1.60. The topological polar surface area (TPSA) is 30.5 Å². The van der Waals surface area contributed by atoms with E-state index in [0.717, 1.165) is 5.56 Å². The molecule has 0 aromatic heterocycles. The number of nitrogens with one attached hydrogen (secondary N) is 1. The number of ether oxygens (including phenoxy) is 2. The molecule has 4 heteroatoms. The maximum absolute atomic E-state index is 13.8. The van der Waals surface area contributed by atoms with Gasteiger partial charge in [0.15, 0.2) is 11.6 Å². The van der Waals surface area contributed by atoms with Crippen molar-refractivity contribution in [1.82, 2.24) is 5.32 Å². The summed E-state index contributed by atoms with van der Waals surface area (Å²) in [6, 6.07) is 5.33. The van der Waals surface area contributed by atoms with Crippen LogP contribution in [0.3, 0.4) is 0 Å². The molecule has 0 unspecified atom stereocenters. The van der Waals surface area contributed by atoms with Gasteiger partial charge in [0.1, 0.15) is 6.61 Å². The molecule has 1 aromatic rings. The zero-order valence-corrected chi connectivity index (χ0v) is 12.2. The molecular weight excluding hydrogens is 245 g/mol. The molecule has 0 atom stereocenters. The normalized spacial score (nSPS) is 11.3. The first-order valence-electron chi connectivity index (χ1n) is 6.76. The first kappa shape index (κ1) is 15.9. The lowest BCUT2D eigenvalue weighted by molar-refractivity contribution is 0.0541. The fourth-order valence-corrected chi connectivity index (χ4v) is 1.60. The van der Waals surface area contributed by atoms with Gasteiger partial charge in [-0.3, -0.25) is 0 Å². The van der Waals surface area contributed by atoms with Crippen molar-refractivity contribution in [2.75, 3.05) is 13.2 Å². The Labute approximate surface area is 115 Å². The summed E-state index contributed by atoms with van der Waals surface area (Å²) in [4.78, 5) is 0. The minimum Gasteiger partial charge on any atom is -0.488 e. The molecule has 0 aliphatic rings. The van der Waals surface area contributed by atoms with Crippen LogP contribution in [0.1, 0.15) is 33.3 Å². The smallest absolute Gasteiger partial charge is 0.165 e. The van der Waals surface area contributed by atoms with Crippen LogP contribution in [0.25, 0.3) is 0 Å². The minimum atomic E-state index is -0.326. The van der Waals surface area contributed by atoms with Crippen molar-refractivity contribution in [3.8, 4) is 5.75 Å². The van der Waals surface area contributed by atoms with Gasteiger partial charge >= 0.3 is 0 Å². The molecular formula is C15H24FNO2. The highest BCUT2D eigenvalue weighted by molar-refractivity contribution is 5.34. The summed E-state index contributed by atoms with van der Waals surface area (Å²) < 4.78 is 24.7. The second-order valence-electron chi connectivity index (χ2n) is 5.03. The highest BCUT2D eigenvalue weighted by Gasteiger charge is 2.10. The van der Waals surface area contributed by atoms with Gasteiger partial charge in [-0.2, -0.15) is 0 Å². The van der Waals surface area contributed by atoms with E-state index in [1.807, 2.05) is 19.9 Å². The van der Waals surface area contributed by atoms with Crippen LogP contribution in [-0.4, -0.2) is 25.4 Å². The third-order valence-corrected chi connectivity index (χ3v) is 2.53. The largest absolute Gasteiger partial charge is 0.488 e. The Balaban J connectivity index is 2.58.